The molecule has 0 amide bonds. The summed E-state index contributed by atoms with van der Waals surface area (Å²) < 4.78 is 0. The molecule has 0 aliphatic carbocycles. The van der Waals surface area contributed by atoms with Crippen LogP contribution in [0.5, 0.6) is 0 Å². The molecule has 0 spiro atoms. The van der Waals surface area contributed by atoms with Crippen molar-refractivity contribution in [3.05, 3.63) is 34.9 Å². The summed E-state index contributed by atoms with van der Waals surface area (Å²) in [5.74, 6) is 0.410. The van der Waals surface area contributed by atoms with Gasteiger partial charge >= 0.3 is 0 Å². The number of hydrogen-bond donors (Lipinski definition) is 1. The van der Waals surface area contributed by atoms with Crippen molar-refractivity contribution in [2.24, 2.45) is 11.7 Å². The van der Waals surface area contributed by atoms with Gasteiger partial charge in [-0.25, -0.2) is 4.98 Å². The summed E-state index contributed by atoms with van der Waals surface area (Å²) in [6.07, 6.45) is 3.58. The molecule has 0 aliphatic rings. The van der Waals surface area contributed by atoms with E-state index in [2.05, 4.69) is 23.8 Å². The summed E-state index contributed by atoms with van der Waals surface area (Å²) in [6, 6.07) is 3.94. The second kappa shape index (κ2) is 4.72. The Morgan fingerprint density at radius 1 is 1.38 bits per heavy atom. The van der Waals surface area contributed by atoms with Crippen molar-refractivity contribution < 1.29 is 0 Å². The quantitative estimate of drug-likeness (QED) is 0.886. The monoisotopic (exact) mass is 233 g/mol. The molecule has 1 atom stereocenters. The van der Waals surface area contributed by atoms with E-state index < -0.39 is 0 Å². The predicted octanol–water partition coefficient (Wildman–Crippen LogP) is 2.86. The van der Waals surface area contributed by atoms with Gasteiger partial charge in [0.2, 0.25) is 0 Å². The van der Waals surface area contributed by atoms with Gasteiger partial charge in [-0.1, -0.05) is 13.8 Å². The average Bonchev–Trinajstić information content (AvgIpc) is 2.78. The maximum atomic E-state index is 6.06. The summed E-state index contributed by atoms with van der Waals surface area (Å²) in [5.41, 5.74) is 8.07. The molecule has 0 fully saturated rings. The highest BCUT2D eigenvalue weighted by molar-refractivity contribution is 7.10. The van der Waals surface area contributed by atoms with Gasteiger partial charge in [0, 0.05) is 23.3 Å². The molecule has 0 radical (unpaired) electrons. The lowest BCUT2D eigenvalue weighted by atomic mass is 10.1. The first kappa shape index (κ1) is 11.2. The Morgan fingerprint density at radius 3 is 2.81 bits per heavy atom. The van der Waals surface area contributed by atoms with Crippen LogP contribution in [-0.2, 0) is 0 Å². The minimum absolute atomic E-state index is 0.0235. The van der Waals surface area contributed by atoms with Gasteiger partial charge in [-0.15, -0.1) is 11.3 Å². The molecule has 2 rings (SSSR count). The van der Waals surface area contributed by atoms with Crippen LogP contribution in [0.4, 0.5) is 0 Å². The van der Waals surface area contributed by atoms with Crippen molar-refractivity contribution in [3.63, 3.8) is 0 Å². The number of thiazole rings is 1. The van der Waals surface area contributed by atoms with E-state index in [-0.39, 0.29) is 6.04 Å². The van der Waals surface area contributed by atoms with Crippen molar-refractivity contribution in [1.29, 1.82) is 0 Å². The highest BCUT2D eigenvalue weighted by Crippen LogP contribution is 2.27. The molecule has 0 saturated carbocycles. The Hall–Kier alpha value is -1.26. The summed E-state index contributed by atoms with van der Waals surface area (Å²) in [6.45, 7) is 4.21. The molecule has 2 aromatic heterocycles. The van der Waals surface area contributed by atoms with Crippen LogP contribution in [0.15, 0.2) is 29.9 Å². The third-order valence-corrected chi connectivity index (χ3v) is 3.43. The van der Waals surface area contributed by atoms with Crippen LogP contribution >= 0.6 is 11.3 Å². The van der Waals surface area contributed by atoms with Gasteiger partial charge in [-0.3, -0.25) is 4.98 Å². The maximum absolute atomic E-state index is 6.06. The normalized spacial score (nSPS) is 13.0. The topological polar surface area (TPSA) is 51.8 Å². The Kier molecular flexibility index (Phi) is 3.31. The van der Waals surface area contributed by atoms with Gasteiger partial charge in [0.15, 0.2) is 0 Å². The van der Waals surface area contributed by atoms with E-state index in [1.54, 1.807) is 17.5 Å². The summed E-state index contributed by atoms with van der Waals surface area (Å²) in [4.78, 5) is 8.64. The van der Waals surface area contributed by atoms with Crippen LogP contribution in [0.3, 0.4) is 0 Å². The molecule has 4 heteroatoms. The number of hydrogen-bond acceptors (Lipinski definition) is 4. The summed E-state index contributed by atoms with van der Waals surface area (Å²) >= 11 is 1.62. The Bertz CT molecular complexity index is 450. The zero-order valence-corrected chi connectivity index (χ0v) is 10.2. The van der Waals surface area contributed by atoms with E-state index in [9.17, 15) is 0 Å². The number of rotatable bonds is 3. The SMILES string of the molecule is CC(C)C(N)c1nc(-c2cccnc2)cs1. The van der Waals surface area contributed by atoms with Gasteiger partial charge in [0.05, 0.1) is 11.7 Å². The van der Waals surface area contributed by atoms with E-state index in [1.165, 1.54) is 0 Å². The van der Waals surface area contributed by atoms with E-state index in [1.807, 2.05) is 23.7 Å². The van der Waals surface area contributed by atoms with Gasteiger partial charge in [-0.05, 0) is 18.1 Å². The zero-order valence-electron chi connectivity index (χ0n) is 9.42. The van der Waals surface area contributed by atoms with Gasteiger partial charge in [0.25, 0.3) is 0 Å². The number of nitrogens with two attached hydrogens (primary N) is 1. The van der Waals surface area contributed by atoms with Crippen molar-refractivity contribution >= 4 is 11.3 Å². The number of nitrogens with zero attached hydrogens (tertiary/aromatic N) is 2. The summed E-state index contributed by atoms with van der Waals surface area (Å²) in [7, 11) is 0. The van der Waals surface area contributed by atoms with Gasteiger partial charge in [-0.2, -0.15) is 0 Å². The van der Waals surface area contributed by atoms with Crippen molar-refractivity contribution in [3.8, 4) is 11.3 Å². The lowest BCUT2D eigenvalue weighted by Crippen LogP contribution is -2.16. The van der Waals surface area contributed by atoms with E-state index >= 15 is 0 Å². The highest BCUT2D eigenvalue weighted by Gasteiger charge is 2.14. The van der Waals surface area contributed by atoms with E-state index in [0.29, 0.717) is 5.92 Å². The van der Waals surface area contributed by atoms with Gasteiger partial charge in [0.1, 0.15) is 5.01 Å². The second-order valence-electron chi connectivity index (χ2n) is 4.08. The minimum atomic E-state index is 0.0235. The molecule has 2 heterocycles. The molecule has 0 aromatic carbocycles. The Balaban J connectivity index is 2.27. The largest absolute Gasteiger partial charge is 0.322 e. The number of aromatic nitrogens is 2. The summed E-state index contributed by atoms with van der Waals surface area (Å²) in [5, 5.41) is 3.03. The van der Waals surface area contributed by atoms with Crippen molar-refractivity contribution in [2.75, 3.05) is 0 Å². The molecule has 1 unspecified atom stereocenters. The first-order chi connectivity index (χ1) is 7.68. The molecule has 0 bridgehead atoms. The molecule has 0 aliphatic heterocycles. The molecular formula is C12H15N3S. The fourth-order valence-electron chi connectivity index (χ4n) is 1.37. The fourth-order valence-corrected chi connectivity index (χ4v) is 2.37. The second-order valence-corrected chi connectivity index (χ2v) is 4.97. The smallest absolute Gasteiger partial charge is 0.110 e. The van der Waals surface area contributed by atoms with Crippen LogP contribution in [0, 0.1) is 5.92 Å². The number of pyridine rings is 1. The minimum Gasteiger partial charge on any atom is -0.322 e. The molecule has 16 heavy (non-hydrogen) atoms. The lowest BCUT2D eigenvalue weighted by Gasteiger charge is -2.11. The van der Waals surface area contributed by atoms with Crippen LogP contribution in [-0.4, -0.2) is 9.97 Å². The zero-order chi connectivity index (χ0) is 11.5. The predicted molar refractivity (Wildman–Crippen MR) is 67.1 cm³/mol. The molecular weight excluding hydrogens is 218 g/mol. The fraction of sp³-hybridized carbons (Fsp3) is 0.333. The third kappa shape index (κ3) is 2.28. The molecule has 3 nitrogen and oxygen atoms in total. The first-order valence-corrected chi connectivity index (χ1v) is 6.18. The molecule has 84 valence electrons. The van der Waals surface area contributed by atoms with E-state index in [4.69, 9.17) is 5.73 Å². The standard InChI is InChI=1S/C12H15N3S/c1-8(2)11(13)12-15-10(7-16-12)9-4-3-5-14-6-9/h3-8,11H,13H2,1-2H3. The average molecular weight is 233 g/mol. The Morgan fingerprint density at radius 2 is 2.19 bits per heavy atom. The highest BCUT2D eigenvalue weighted by atomic mass is 32.1. The maximum Gasteiger partial charge on any atom is 0.110 e. The lowest BCUT2D eigenvalue weighted by molar-refractivity contribution is 0.512. The van der Waals surface area contributed by atoms with Crippen LogP contribution in [0.2, 0.25) is 0 Å². The molecule has 2 aromatic rings. The van der Waals surface area contributed by atoms with Crippen molar-refractivity contribution in [2.45, 2.75) is 19.9 Å². The first-order valence-electron chi connectivity index (χ1n) is 5.30. The molecule has 0 saturated heterocycles. The van der Waals surface area contributed by atoms with Crippen LogP contribution in [0.25, 0.3) is 11.3 Å². The molecule has 2 N–H and O–H groups in total. The Labute approximate surface area is 99.4 Å². The van der Waals surface area contributed by atoms with Crippen LogP contribution in [0.1, 0.15) is 24.9 Å². The van der Waals surface area contributed by atoms with Gasteiger partial charge < -0.3 is 5.73 Å². The van der Waals surface area contributed by atoms with Crippen molar-refractivity contribution in [1.82, 2.24) is 9.97 Å². The van der Waals surface area contributed by atoms with Crippen LogP contribution < -0.4 is 5.73 Å². The van der Waals surface area contributed by atoms with E-state index in [0.717, 1.165) is 16.3 Å². The third-order valence-electron chi connectivity index (χ3n) is 2.48.